The topological polar surface area (TPSA) is 120 Å². The molecule has 0 spiro atoms. The van der Waals surface area contributed by atoms with Crippen molar-refractivity contribution < 1.29 is 9.90 Å². The number of nitrogens with one attached hydrogen (secondary N) is 2. The number of amides is 1. The molecule has 0 atom stereocenters. The molecule has 1 fully saturated rings. The van der Waals surface area contributed by atoms with E-state index in [1.165, 1.54) is 0 Å². The van der Waals surface area contributed by atoms with E-state index in [2.05, 4.69) is 30.9 Å². The van der Waals surface area contributed by atoms with Crippen LogP contribution in [0.4, 0.5) is 4.79 Å². The molecule has 1 amide bonds. The molecule has 3 aromatic heterocycles. The van der Waals surface area contributed by atoms with E-state index < -0.39 is 6.09 Å². The highest BCUT2D eigenvalue weighted by Gasteiger charge is 2.26. The summed E-state index contributed by atoms with van der Waals surface area (Å²) in [5, 5.41) is 21.3. The van der Waals surface area contributed by atoms with E-state index in [4.69, 9.17) is 10.4 Å². The van der Waals surface area contributed by atoms with Crippen molar-refractivity contribution in [2.45, 2.75) is 44.7 Å². The van der Waals surface area contributed by atoms with Crippen LogP contribution in [0.2, 0.25) is 0 Å². The van der Waals surface area contributed by atoms with Gasteiger partial charge in [-0.2, -0.15) is 5.26 Å². The molecule has 0 aromatic carbocycles. The largest absolute Gasteiger partial charge is 0.465 e. The number of hydrogen-bond acceptors (Lipinski definition) is 4. The number of fused-ring (bicyclic) bond motifs is 3. The minimum Gasteiger partial charge on any atom is -0.465 e. The predicted octanol–water partition coefficient (Wildman–Crippen LogP) is 3.33. The molecule has 4 rings (SSSR count). The van der Waals surface area contributed by atoms with Crippen LogP contribution in [0.25, 0.3) is 22.1 Å². The molecule has 0 radical (unpaired) electrons. The van der Waals surface area contributed by atoms with E-state index in [1.54, 1.807) is 6.20 Å². The fraction of sp³-hybridized carbons (Fsp3) is 0.444. The van der Waals surface area contributed by atoms with Crippen molar-refractivity contribution in [3.8, 4) is 6.07 Å². The third-order valence-corrected chi connectivity index (χ3v) is 5.27. The van der Waals surface area contributed by atoms with Gasteiger partial charge in [-0.1, -0.05) is 0 Å². The quantitative estimate of drug-likeness (QED) is 0.665. The molecule has 1 aliphatic rings. The SMILES string of the molecule is N#CCC1CCC(n2c(CNC(=O)O)nc3cnc4[nH]ccc4c32)CC1. The summed E-state index contributed by atoms with van der Waals surface area (Å²) < 4.78 is 2.19. The number of pyridine rings is 1. The number of H-pyrrole nitrogens is 1. The summed E-state index contributed by atoms with van der Waals surface area (Å²) in [6, 6.07) is 4.51. The Morgan fingerprint density at radius 3 is 2.96 bits per heavy atom. The molecule has 0 bridgehead atoms. The molecule has 0 unspecified atom stereocenters. The summed E-state index contributed by atoms with van der Waals surface area (Å²) in [5.41, 5.74) is 2.58. The molecule has 3 aromatic rings. The number of aromatic amines is 1. The average molecular weight is 352 g/mol. The fourth-order valence-corrected chi connectivity index (χ4v) is 4.05. The van der Waals surface area contributed by atoms with Crippen molar-refractivity contribution in [2.75, 3.05) is 0 Å². The van der Waals surface area contributed by atoms with Gasteiger partial charge in [-0.25, -0.2) is 14.8 Å². The average Bonchev–Trinajstić information content (AvgIpc) is 3.24. The summed E-state index contributed by atoms with van der Waals surface area (Å²) >= 11 is 0. The second kappa shape index (κ2) is 6.67. The highest BCUT2D eigenvalue weighted by Crippen LogP contribution is 2.37. The molecule has 8 heteroatoms. The summed E-state index contributed by atoms with van der Waals surface area (Å²) in [5.74, 6) is 1.17. The first kappa shape index (κ1) is 16.4. The molecule has 3 heterocycles. The summed E-state index contributed by atoms with van der Waals surface area (Å²) in [7, 11) is 0. The van der Waals surface area contributed by atoms with Crippen molar-refractivity contribution in [3.05, 3.63) is 24.3 Å². The van der Waals surface area contributed by atoms with E-state index in [0.717, 1.165) is 47.8 Å². The maximum atomic E-state index is 11.0. The zero-order valence-corrected chi connectivity index (χ0v) is 14.3. The van der Waals surface area contributed by atoms with Gasteiger partial charge in [0.05, 0.1) is 24.3 Å². The molecule has 134 valence electrons. The number of hydrogen-bond donors (Lipinski definition) is 3. The Labute approximate surface area is 149 Å². The molecule has 1 aliphatic carbocycles. The van der Waals surface area contributed by atoms with Crippen molar-refractivity contribution in [3.63, 3.8) is 0 Å². The van der Waals surface area contributed by atoms with Crippen LogP contribution in [-0.4, -0.2) is 30.7 Å². The van der Waals surface area contributed by atoms with Crippen molar-refractivity contribution in [1.29, 1.82) is 5.26 Å². The van der Waals surface area contributed by atoms with Crippen molar-refractivity contribution in [2.24, 2.45) is 5.92 Å². The number of nitrogens with zero attached hydrogens (tertiary/aromatic N) is 4. The zero-order chi connectivity index (χ0) is 18.1. The second-order valence-corrected chi connectivity index (χ2v) is 6.83. The molecule has 26 heavy (non-hydrogen) atoms. The van der Waals surface area contributed by atoms with Gasteiger partial charge in [0, 0.05) is 24.0 Å². The lowest BCUT2D eigenvalue weighted by Gasteiger charge is -2.30. The first-order valence-electron chi connectivity index (χ1n) is 8.84. The Morgan fingerprint density at radius 2 is 2.23 bits per heavy atom. The predicted molar refractivity (Wildman–Crippen MR) is 95.5 cm³/mol. The van der Waals surface area contributed by atoms with Gasteiger partial charge in [-0.05, 0) is 37.7 Å². The van der Waals surface area contributed by atoms with Crippen LogP contribution in [0, 0.1) is 17.2 Å². The van der Waals surface area contributed by atoms with E-state index in [1.807, 2.05) is 12.3 Å². The first-order valence-corrected chi connectivity index (χ1v) is 8.84. The van der Waals surface area contributed by atoms with Crippen LogP contribution in [0.15, 0.2) is 18.5 Å². The number of rotatable bonds is 4. The highest BCUT2D eigenvalue weighted by molar-refractivity contribution is 6.01. The van der Waals surface area contributed by atoms with Crippen LogP contribution in [0.3, 0.4) is 0 Å². The van der Waals surface area contributed by atoms with Crippen LogP contribution in [0.1, 0.15) is 44.0 Å². The maximum absolute atomic E-state index is 11.0. The fourth-order valence-electron chi connectivity index (χ4n) is 4.05. The number of imidazole rings is 1. The monoisotopic (exact) mass is 352 g/mol. The summed E-state index contributed by atoms with van der Waals surface area (Å²) in [6.07, 6.45) is 7.07. The van der Waals surface area contributed by atoms with Gasteiger partial charge in [0.15, 0.2) is 0 Å². The van der Waals surface area contributed by atoms with Crippen molar-refractivity contribution >= 4 is 28.2 Å². The smallest absolute Gasteiger partial charge is 0.405 e. The van der Waals surface area contributed by atoms with E-state index in [-0.39, 0.29) is 12.6 Å². The zero-order valence-electron chi connectivity index (χ0n) is 14.3. The van der Waals surface area contributed by atoms with Gasteiger partial charge >= 0.3 is 6.09 Å². The Kier molecular flexibility index (Phi) is 4.21. The van der Waals surface area contributed by atoms with Crippen LogP contribution < -0.4 is 5.32 Å². The van der Waals surface area contributed by atoms with E-state index in [0.29, 0.717) is 18.2 Å². The molecule has 0 aliphatic heterocycles. The van der Waals surface area contributed by atoms with Gasteiger partial charge < -0.3 is 20.0 Å². The normalized spacial score (nSPS) is 20.3. The third kappa shape index (κ3) is 2.86. The number of nitriles is 1. The molecular weight excluding hydrogens is 332 g/mol. The molecule has 0 saturated heterocycles. The van der Waals surface area contributed by atoms with Gasteiger partial charge in [-0.15, -0.1) is 0 Å². The van der Waals surface area contributed by atoms with Gasteiger partial charge in [0.1, 0.15) is 17.0 Å². The second-order valence-electron chi connectivity index (χ2n) is 6.83. The van der Waals surface area contributed by atoms with Crippen LogP contribution in [0.5, 0.6) is 0 Å². The Bertz CT molecular complexity index is 990. The lowest BCUT2D eigenvalue weighted by Crippen LogP contribution is -2.25. The summed E-state index contributed by atoms with van der Waals surface area (Å²) in [6.45, 7) is 0.161. The Balaban J connectivity index is 1.77. The molecule has 3 N–H and O–H groups in total. The minimum atomic E-state index is -1.06. The first-order chi connectivity index (χ1) is 12.7. The van der Waals surface area contributed by atoms with E-state index in [9.17, 15) is 4.79 Å². The Hall–Kier alpha value is -3.08. The summed E-state index contributed by atoms with van der Waals surface area (Å²) in [4.78, 5) is 23.1. The van der Waals surface area contributed by atoms with Crippen LogP contribution >= 0.6 is 0 Å². The van der Waals surface area contributed by atoms with E-state index >= 15 is 0 Å². The Morgan fingerprint density at radius 1 is 1.42 bits per heavy atom. The number of carboxylic acid groups (broad SMARTS) is 1. The maximum Gasteiger partial charge on any atom is 0.405 e. The van der Waals surface area contributed by atoms with Gasteiger partial charge in [0.2, 0.25) is 0 Å². The minimum absolute atomic E-state index is 0.161. The number of aromatic nitrogens is 4. The molecule has 1 saturated carbocycles. The highest BCUT2D eigenvalue weighted by atomic mass is 16.4. The lowest BCUT2D eigenvalue weighted by molar-refractivity contribution is 0.193. The molecular formula is C18H20N6O2. The van der Waals surface area contributed by atoms with Crippen LogP contribution in [-0.2, 0) is 6.54 Å². The molecule has 8 nitrogen and oxygen atoms in total. The van der Waals surface area contributed by atoms with Crippen molar-refractivity contribution in [1.82, 2.24) is 24.8 Å². The van der Waals surface area contributed by atoms with Gasteiger partial charge in [-0.3, -0.25) is 0 Å². The van der Waals surface area contributed by atoms with Gasteiger partial charge in [0.25, 0.3) is 0 Å². The standard InChI is InChI=1S/C18H20N6O2/c19-7-5-11-1-3-12(4-2-11)24-15(10-22-18(25)26)23-14-9-21-17-13(16(14)24)6-8-20-17/h6,8-9,11-12,22H,1-5,10H2,(H,20,21)(H,25,26). The third-order valence-electron chi connectivity index (χ3n) is 5.27. The number of carbonyl (C=O) groups is 1. The lowest BCUT2D eigenvalue weighted by atomic mass is 9.84.